The SMILES string of the molecule is CCCOc1cccc(C2/C(=C(/O)c3ccc(Cl)cc3)C(=O)C(=O)N2CCCn2ccnc2)c1. The minimum absolute atomic E-state index is 0.0580. The molecule has 0 saturated carbocycles. The summed E-state index contributed by atoms with van der Waals surface area (Å²) >= 11 is 5.99. The minimum Gasteiger partial charge on any atom is -0.507 e. The number of aryl methyl sites for hydroxylation is 1. The molecule has 2 aromatic carbocycles. The zero-order chi connectivity index (χ0) is 24.1. The second-order valence-electron chi connectivity index (χ2n) is 8.07. The highest BCUT2D eigenvalue weighted by atomic mass is 35.5. The molecule has 0 bridgehead atoms. The number of rotatable bonds is 9. The van der Waals surface area contributed by atoms with Crippen LogP contribution in [0.3, 0.4) is 0 Å². The standard InChI is InChI=1S/C26H26ClN3O4/c1-2-15-34-21-6-3-5-19(16-21)23-22(24(31)18-7-9-20(27)10-8-18)25(32)26(33)30(23)13-4-12-29-14-11-28-17-29/h3,5-11,14,16-17,23,31H,2,4,12-13,15H2,1H3/b24-22-. The second kappa shape index (κ2) is 10.6. The van der Waals surface area contributed by atoms with E-state index in [1.807, 2.05) is 42.0 Å². The van der Waals surface area contributed by atoms with Gasteiger partial charge in [0.05, 0.1) is 24.5 Å². The van der Waals surface area contributed by atoms with E-state index in [-0.39, 0.29) is 11.3 Å². The fourth-order valence-electron chi connectivity index (χ4n) is 4.06. The Bertz CT molecular complexity index is 1190. The summed E-state index contributed by atoms with van der Waals surface area (Å²) in [7, 11) is 0. The van der Waals surface area contributed by atoms with Gasteiger partial charge in [0, 0.05) is 36.1 Å². The summed E-state index contributed by atoms with van der Waals surface area (Å²) < 4.78 is 7.69. The van der Waals surface area contributed by atoms with E-state index in [0.717, 1.165) is 6.42 Å². The number of ether oxygens (including phenoxy) is 1. The van der Waals surface area contributed by atoms with Crippen molar-refractivity contribution in [3.05, 3.63) is 89.0 Å². The number of Topliss-reactive ketones (excluding diaryl/α,β-unsaturated/α-hetero) is 1. The van der Waals surface area contributed by atoms with E-state index in [1.165, 1.54) is 4.90 Å². The summed E-state index contributed by atoms with van der Waals surface area (Å²) in [6.07, 6.45) is 6.72. The number of ketones is 1. The van der Waals surface area contributed by atoms with Crippen LogP contribution in [0.4, 0.5) is 0 Å². The molecule has 176 valence electrons. The first-order valence-electron chi connectivity index (χ1n) is 11.2. The topological polar surface area (TPSA) is 84.7 Å². The van der Waals surface area contributed by atoms with Crippen LogP contribution in [0.1, 0.15) is 36.9 Å². The van der Waals surface area contributed by atoms with Gasteiger partial charge in [-0.25, -0.2) is 4.98 Å². The minimum atomic E-state index is -0.733. The zero-order valence-electron chi connectivity index (χ0n) is 18.9. The average molecular weight is 480 g/mol. The van der Waals surface area contributed by atoms with Gasteiger partial charge in [0.15, 0.2) is 0 Å². The quantitative estimate of drug-likeness (QED) is 0.270. The highest BCUT2D eigenvalue weighted by molar-refractivity contribution is 6.46. The van der Waals surface area contributed by atoms with Gasteiger partial charge in [-0.2, -0.15) is 0 Å². The van der Waals surface area contributed by atoms with Crippen molar-refractivity contribution in [2.75, 3.05) is 13.2 Å². The van der Waals surface area contributed by atoms with Gasteiger partial charge in [-0.15, -0.1) is 0 Å². The van der Waals surface area contributed by atoms with Crippen molar-refractivity contribution < 1.29 is 19.4 Å². The molecule has 7 nitrogen and oxygen atoms in total. The fraction of sp³-hybridized carbons (Fsp3) is 0.269. The van der Waals surface area contributed by atoms with E-state index < -0.39 is 17.7 Å². The van der Waals surface area contributed by atoms with E-state index in [1.54, 1.807) is 36.8 Å². The maximum absolute atomic E-state index is 13.1. The first-order valence-corrected chi connectivity index (χ1v) is 11.6. The fourth-order valence-corrected chi connectivity index (χ4v) is 4.18. The molecule has 1 unspecified atom stereocenters. The van der Waals surface area contributed by atoms with E-state index in [2.05, 4.69) is 4.98 Å². The van der Waals surface area contributed by atoms with Crippen molar-refractivity contribution in [3.8, 4) is 5.75 Å². The molecule has 3 aromatic rings. The third-order valence-corrected chi connectivity index (χ3v) is 5.93. The van der Waals surface area contributed by atoms with Crippen molar-refractivity contribution in [1.29, 1.82) is 0 Å². The van der Waals surface area contributed by atoms with Crippen LogP contribution < -0.4 is 4.74 Å². The molecule has 1 aromatic heterocycles. The van der Waals surface area contributed by atoms with Gasteiger partial charge in [-0.3, -0.25) is 9.59 Å². The van der Waals surface area contributed by atoms with Gasteiger partial charge < -0.3 is 19.3 Å². The molecular formula is C26H26ClN3O4. The normalized spacial score (nSPS) is 17.4. The number of halogens is 1. The van der Waals surface area contributed by atoms with Gasteiger partial charge in [-0.05, 0) is 54.8 Å². The molecule has 34 heavy (non-hydrogen) atoms. The van der Waals surface area contributed by atoms with Crippen LogP contribution in [0.5, 0.6) is 5.75 Å². The Morgan fingerprint density at radius 2 is 1.94 bits per heavy atom. The number of imidazole rings is 1. The van der Waals surface area contributed by atoms with Gasteiger partial charge >= 0.3 is 0 Å². The maximum atomic E-state index is 13.1. The summed E-state index contributed by atoms with van der Waals surface area (Å²) in [6.45, 7) is 3.56. The molecule has 1 amide bonds. The first-order chi connectivity index (χ1) is 16.5. The molecule has 1 saturated heterocycles. The number of hydrogen-bond donors (Lipinski definition) is 1. The van der Waals surface area contributed by atoms with Crippen LogP contribution in [-0.4, -0.2) is 44.4 Å². The summed E-state index contributed by atoms with van der Waals surface area (Å²) in [6, 6.07) is 13.1. The highest BCUT2D eigenvalue weighted by Crippen LogP contribution is 2.40. The molecule has 4 rings (SSSR count). The molecule has 0 aliphatic carbocycles. The molecule has 0 spiro atoms. The molecular weight excluding hydrogens is 454 g/mol. The van der Waals surface area contributed by atoms with Crippen LogP contribution in [0.2, 0.25) is 5.02 Å². The molecule has 8 heteroatoms. The largest absolute Gasteiger partial charge is 0.507 e. The van der Waals surface area contributed by atoms with Gasteiger partial charge in [0.25, 0.3) is 11.7 Å². The number of benzene rings is 2. The molecule has 2 heterocycles. The Hall–Kier alpha value is -3.58. The van der Waals surface area contributed by atoms with Crippen molar-refractivity contribution in [2.45, 2.75) is 32.4 Å². The first kappa shape index (κ1) is 23.6. The summed E-state index contributed by atoms with van der Waals surface area (Å²) in [4.78, 5) is 31.8. The van der Waals surface area contributed by atoms with E-state index >= 15 is 0 Å². The van der Waals surface area contributed by atoms with Crippen molar-refractivity contribution in [3.63, 3.8) is 0 Å². The van der Waals surface area contributed by atoms with Crippen LogP contribution >= 0.6 is 11.6 Å². The Morgan fingerprint density at radius 3 is 2.65 bits per heavy atom. The smallest absolute Gasteiger partial charge is 0.295 e. The number of amides is 1. The predicted molar refractivity (Wildman–Crippen MR) is 130 cm³/mol. The molecule has 1 aliphatic heterocycles. The van der Waals surface area contributed by atoms with E-state index in [0.29, 0.717) is 48.0 Å². The van der Waals surface area contributed by atoms with Crippen LogP contribution in [0.15, 0.2) is 72.8 Å². The van der Waals surface area contributed by atoms with Gasteiger partial charge in [0.2, 0.25) is 0 Å². The molecule has 0 radical (unpaired) electrons. The lowest BCUT2D eigenvalue weighted by molar-refractivity contribution is -0.139. The number of aliphatic hydroxyl groups excluding tert-OH is 1. The number of aliphatic hydroxyl groups is 1. The van der Waals surface area contributed by atoms with Crippen LogP contribution in [0.25, 0.3) is 5.76 Å². The lowest BCUT2D eigenvalue weighted by atomic mass is 9.95. The summed E-state index contributed by atoms with van der Waals surface area (Å²) in [5.41, 5.74) is 1.18. The lowest BCUT2D eigenvalue weighted by Crippen LogP contribution is -2.31. The number of nitrogens with zero attached hydrogens (tertiary/aromatic N) is 3. The number of carbonyl (C=O) groups excluding carboxylic acids is 2. The average Bonchev–Trinajstić information content (AvgIpc) is 3.45. The van der Waals surface area contributed by atoms with Crippen molar-refractivity contribution in [1.82, 2.24) is 14.5 Å². The molecule has 1 aliphatic rings. The number of aromatic nitrogens is 2. The number of hydrogen-bond acceptors (Lipinski definition) is 5. The Balaban J connectivity index is 1.73. The van der Waals surface area contributed by atoms with E-state index in [9.17, 15) is 14.7 Å². The zero-order valence-corrected chi connectivity index (χ0v) is 19.6. The van der Waals surface area contributed by atoms with Crippen molar-refractivity contribution in [2.24, 2.45) is 0 Å². The van der Waals surface area contributed by atoms with Gasteiger partial charge in [-0.1, -0.05) is 30.7 Å². The highest BCUT2D eigenvalue weighted by Gasteiger charge is 2.45. The monoisotopic (exact) mass is 479 g/mol. The van der Waals surface area contributed by atoms with Crippen LogP contribution in [-0.2, 0) is 16.1 Å². The third kappa shape index (κ3) is 4.99. The molecule has 1 atom stereocenters. The van der Waals surface area contributed by atoms with E-state index in [4.69, 9.17) is 16.3 Å². The summed E-state index contributed by atoms with van der Waals surface area (Å²) in [5, 5.41) is 11.6. The Kier molecular flexibility index (Phi) is 7.33. The third-order valence-electron chi connectivity index (χ3n) is 5.68. The molecule has 1 N–H and O–H groups in total. The predicted octanol–water partition coefficient (Wildman–Crippen LogP) is 4.84. The Labute approximate surface area is 203 Å². The van der Waals surface area contributed by atoms with Gasteiger partial charge in [0.1, 0.15) is 11.5 Å². The molecule has 1 fully saturated rings. The van der Waals surface area contributed by atoms with Crippen LogP contribution in [0, 0.1) is 0 Å². The Morgan fingerprint density at radius 1 is 1.15 bits per heavy atom. The van der Waals surface area contributed by atoms with Crippen molar-refractivity contribution >= 4 is 29.1 Å². The summed E-state index contributed by atoms with van der Waals surface area (Å²) in [5.74, 6) is -0.919. The number of likely N-dealkylation sites (tertiary alicyclic amines) is 1. The number of carbonyl (C=O) groups is 2. The lowest BCUT2D eigenvalue weighted by Gasteiger charge is -2.25. The maximum Gasteiger partial charge on any atom is 0.295 e. The second-order valence-corrected chi connectivity index (χ2v) is 8.51.